The van der Waals surface area contributed by atoms with Crippen molar-refractivity contribution in [2.45, 2.75) is 24.8 Å². The zero-order chi connectivity index (χ0) is 13.1. The van der Waals surface area contributed by atoms with E-state index < -0.39 is 9.84 Å². The van der Waals surface area contributed by atoms with Crippen molar-refractivity contribution in [3.8, 4) is 0 Å². The lowest BCUT2D eigenvalue weighted by Crippen LogP contribution is -2.36. The van der Waals surface area contributed by atoms with Crippen molar-refractivity contribution in [1.29, 1.82) is 0 Å². The fraction of sp³-hybridized carbons (Fsp3) is 0.500. The van der Waals surface area contributed by atoms with Crippen LogP contribution in [0.25, 0.3) is 0 Å². The van der Waals surface area contributed by atoms with Gasteiger partial charge in [-0.1, -0.05) is 12.1 Å². The summed E-state index contributed by atoms with van der Waals surface area (Å²) in [5, 5.41) is 0. The minimum absolute atomic E-state index is 0.210. The Bertz CT molecular complexity index is 469. The molecule has 0 aliphatic carbocycles. The third kappa shape index (κ3) is 3.44. The maximum absolute atomic E-state index is 11.7. The number of rotatable bonds is 5. The zero-order valence-corrected chi connectivity index (χ0v) is 11.4. The van der Waals surface area contributed by atoms with Crippen LogP contribution in [0.3, 0.4) is 0 Å². The Labute approximate surface area is 103 Å². The Balaban J connectivity index is 3.29. The second-order valence-corrected chi connectivity index (χ2v) is 6.30. The van der Waals surface area contributed by atoms with Gasteiger partial charge in [0.25, 0.3) is 0 Å². The molecule has 96 valence electrons. The van der Waals surface area contributed by atoms with E-state index in [1.165, 1.54) is 6.26 Å². The average Bonchev–Trinajstić information content (AvgIpc) is 2.24. The Morgan fingerprint density at radius 1 is 1.29 bits per heavy atom. The van der Waals surface area contributed by atoms with Gasteiger partial charge < -0.3 is 10.6 Å². The molecule has 0 spiro atoms. The van der Waals surface area contributed by atoms with Gasteiger partial charge in [-0.2, -0.15) is 0 Å². The van der Waals surface area contributed by atoms with Crippen molar-refractivity contribution in [3.05, 3.63) is 24.3 Å². The first-order valence-corrected chi connectivity index (χ1v) is 7.53. The van der Waals surface area contributed by atoms with E-state index in [-0.39, 0.29) is 6.04 Å². The number of sulfone groups is 1. The average molecular weight is 256 g/mol. The van der Waals surface area contributed by atoms with E-state index in [4.69, 9.17) is 5.73 Å². The van der Waals surface area contributed by atoms with Crippen LogP contribution in [0.4, 0.5) is 5.69 Å². The zero-order valence-electron chi connectivity index (χ0n) is 10.6. The number of hydrogen-bond donors (Lipinski definition) is 1. The van der Waals surface area contributed by atoms with Gasteiger partial charge in [0.05, 0.1) is 10.6 Å². The van der Waals surface area contributed by atoms with E-state index in [2.05, 4.69) is 0 Å². The molecular weight excluding hydrogens is 236 g/mol. The van der Waals surface area contributed by atoms with Crippen LogP contribution >= 0.6 is 0 Å². The molecule has 0 saturated carbocycles. The van der Waals surface area contributed by atoms with Crippen molar-refractivity contribution < 1.29 is 8.42 Å². The van der Waals surface area contributed by atoms with Crippen molar-refractivity contribution in [1.82, 2.24) is 0 Å². The summed E-state index contributed by atoms with van der Waals surface area (Å²) in [6.45, 7) is 5.18. The van der Waals surface area contributed by atoms with Crippen molar-refractivity contribution in [2.24, 2.45) is 5.73 Å². The first-order chi connectivity index (χ1) is 7.88. The maximum Gasteiger partial charge on any atom is 0.177 e. The summed E-state index contributed by atoms with van der Waals surface area (Å²) < 4.78 is 23.5. The SMILES string of the molecule is CC(C)N(CCN)c1ccccc1S(C)(=O)=O. The highest BCUT2D eigenvalue weighted by atomic mass is 32.2. The number of benzene rings is 1. The monoisotopic (exact) mass is 256 g/mol. The van der Waals surface area contributed by atoms with Gasteiger partial charge in [-0.05, 0) is 26.0 Å². The smallest absolute Gasteiger partial charge is 0.177 e. The molecule has 5 heteroatoms. The molecule has 0 heterocycles. The molecule has 0 aliphatic heterocycles. The molecule has 0 amide bonds. The fourth-order valence-corrected chi connectivity index (χ4v) is 2.69. The van der Waals surface area contributed by atoms with Crippen LogP contribution < -0.4 is 10.6 Å². The summed E-state index contributed by atoms with van der Waals surface area (Å²) in [6.07, 6.45) is 1.23. The lowest BCUT2D eigenvalue weighted by Gasteiger charge is -2.30. The van der Waals surface area contributed by atoms with E-state index >= 15 is 0 Å². The predicted molar refractivity (Wildman–Crippen MR) is 71.1 cm³/mol. The summed E-state index contributed by atoms with van der Waals surface area (Å²) >= 11 is 0. The Morgan fingerprint density at radius 3 is 2.35 bits per heavy atom. The number of para-hydroxylation sites is 1. The van der Waals surface area contributed by atoms with E-state index in [0.29, 0.717) is 18.0 Å². The molecule has 1 aromatic carbocycles. The van der Waals surface area contributed by atoms with E-state index in [1.807, 2.05) is 30.9 Å². The quantitative estimate of drug-likeness (QED) is 0.861. The second-order valence-electron chi connectivity index (χ2n) is 4.32. The van der Waals surface area contributed by atoms with Crippen molar-refractivity contribution >= 4 is 15.5 Å². The molecule has 0 unspecified atom stereocenters. The van der Waals surface area contributed by atoms with Crippen LogP contribution in [-0.4, -0.2) is 33.8 Å². The largest absolute Gasteiger partial charge is 0.367 e. The third-order valence-electron chi connectivity index (χ3n) is 2.57. The first-order valence-electron chi connectivity index (χ1n) is 5.63. The van der Waals surface area contributed by atoms with Crippen molar-refractivity contribution in [2.75, 3.05) is 24.2 Å². The van der Waals surface area contributed by atoms with Crippen LogP contribution in [-0.2, 0) is 9.84 Å². The van der Waals surface area contributed by atoms with E-state index in [1.54, 1.807) is 12.1 Å². The van der Waals surface area contributed by atoms with Crippen LogP contribution in [0.2, 0.25) is 0 Å². The van der Waals surface area contributed by atoms with Crippen LogP contribution in [0, 0.1) is 0 Å². The molecule has 0 radical (unpaired) electrons. The lowest BCUT2D eigenvalue weighted by molar-refractivity contribution is 0.600. The number of nitrogens with two attached hydrogens (primary N) is 1. The summed E-state index contributed by atoms with van der Waals surface area (Å²) in [4.78, 5) is 2.37. The first kappa shape index (κ1) is 14.0. The molecule has 0 bridgehead atoms. The Kier molecular flexibility index (Phi) is 4.54. The van der Waals surface area contributed by atoms with Gasteiger partial charge >= 0.3 is 0 Å². The van der Waals surface area contributed by atoms with E-state index in [0.717, 1.165) is 5.69 Å². The maximum atomic E-state index is 11.7. The van der Waals surface area contributed by atoms with E-state index in [9.17, 15) is 8.42 Å². The number of hydrogen-bond acceptors (Lipinski definition) is 4. The topological polar surface area (TPSA) is 63.4 Å². The Hall–Kier alpha value is -1.07. The van der Waals surface area contributed by atoms with Crippen LogP contribution in [0.1, 0.15) is 13.8 Å². The molecule has 1 aromatic rings. The number of anilines is 1. The normalized spacial score (nSPS) is 11.8. The van der Waals surface area contributed by atoms with Gasteiger partial charge in [0, 0.05) is 25.4 Å². The molecular formula is C12H20N2O2S. The standard InChI is InChI=1S/C12H20N2O2S/c1-10(2)14(9-8-13)11-6-4-5-7-12(11)17(3,15)16/h4-7,10H,8-9,13H2,1-3H3. The molecule has 17 heavy (non-hydrogen) atoms. The molecule has 4 nitrogen and oxygen atoms in total. The van der Waals surface area contributed by atoms with Gasteiger partial charge in [0.2, 0.25) is 0 Å². The van der Waals surface area contributed by atoms with Crippen LogP contribution in [0.5, 0.6) is 0 Å². The summed E-state index contributed by atoms with van der Waals surface area (Å²) in [7, 11) is -3.21. The third-order valence-corrected chi connectivity index (χ3v) is 3.71. The van der Waals surface area contributed by atoms with Gasteiger partial charge in [0.1, 0.15) is 0 Å². The van der Waals surface area contributed by atoms with Crippen LogP contribution in [0.15, 0.2) is 29.2 Å². The molecule has 0 fully saturated rings. The minimum atomic E-state index is -3.21. The molecule has 0 aromatic heterocycles. The van der Waals surface area contributed by atoms with Gasteiger partial charge in [0.15, 0.2) is 9.84 Å². The molecule has 0 atom stereocenters. The summed E-state index contributed by atoms with van der Waals surface area (Å²) in [6, 6.07) is 7.25. The predicted octanol–water partition coefficient (Wildman–Crippen LogP) is 1.26. The summed E-state index contributed by atoms with van der Waals surface area (Å²) in [5.74, 6) is 0. The Morgan fingerprint density at radius 2 is 1.88 bits per heavy atom. The second kappa shape index (κ2) is 5.51. The highest BCUT2D eigenvalue weighted by molar-refractivity contribution is 7.90. The highest BCUT2D eigenvalue weighted by Gasteiger charge is 2.18. The van der Waals surface area contributed by atoms with Gasteiger partial charge in [-0.15, -0.1) is 0 Å². The fourth-order valence-electron chi connectivity index (χ4n) is 1.80. The molecule has 0 saturated heterocycles. The van der Waals surface area contributed by atoms with Gasteiger partial charge in [-0.25, -0.2) is 8.42 Å². The van der Waals surface area contributed by atoms with Crippen molar-refractivity contribution in [3.63, 3.8) is 0 Å². The summed E-state index contributed by atoms with van der Waals surface area (Å²) in [5.41, 5.74) is 6.30. The minimum Gasteiger partial charge on any atom is -0.367 e. The highest BCUT2D eigenvalue weighted by Crippen LogP contribution is 2.26. The van der Waals surface area contributed by atoms with Gasteiger partial charge in [-0.3, -0.25) is 0 Å². The lowest BCUT2D eigenvalue weighted by atomic mass is 10.2. The molecule has 2 N–H and O–H groups in total. The molecule has 1 rings (SSSR count). The molecule has 0 aliphatic rings. The number of nitrogens with zero attached hydrogens (tertiary/aromatic N) is 1.